The molecule has 0 amide bonds. The molecule has 0 bridgehead atoms. The second kappa shape index (κ2) is 5.31. The predicted molar refractivity (Wildman–Crippen MR) is 77.5 cm³/mol. The predicted octanol–water partition coefficient (Wildman–Crippen LogP) is 3.32. The van der Waals surface area contributed by atoms with Crippen LogP contribution in [0.2, 0.25) is 0 Å². The van der Waals surface area contributed by atoms with Gasteiger partial charge < -0.3 is 10.4 Å². The fourth-order valence-corrected chi connectivity index (χ4v) is 3.47. The minimum absolute atomic E-state index is 0.373. The summed E-state index contributed by atoms with van der Waals surface area (Å²) in [5, 5.41) is 14.3. The molecule has 3 nitrogen and oxygen atoms in total. The lowest BCUT2D eigenvalue weighted by molar-refractivity contribution is 0.450. The summed E-state index contributed by atoms with van der Waals surface area (Å²) >= 11 is 1.75. The number of thiazole rings is 1. The first-order chi connectivity index (χ1) is 9.22. The Morgan fingerprint density at radius 3 is 3.16 bits per heavy atom. The second-order valence-corrected chi connectivity index (χ2v) is 6.37. The van der Waals surface area contributed by atoms with Gasteiger partial charge >= 0.3 is 0 Å². The zero-order valence-electron chi connectivity index (χ0n) is 11.0. The minimum atomic E-state index is 0.373. The largest absolute Gasteiger partial charge is 0.508 e. The monoisotopic (exact) mass is 274 g/mol. The number of rotatable bonds is 3. The molecule has 1 unspecified atom stereocenters. The summed E-state index contributed by atoms with van der Waals surface area (Å²) in [5.74, 6) is 0.373. The van der Waals surface area contributed by atoms with Crippen LogP contribution in [-0.2, 0) is 13.0 Å². The van der Waals surface area contributed by atoms with E-state index in [1.807, 2.05) is 19.2 Å². The molecule has 0 radical (unpaired) electrons. The Kier molecular flexibility index (Phi) is 3.53. The van der Waals surface area contributed by atoms with Crippen molar-refractivity contribution in [2.75, 3.05) is 0 Å². The zero-order chi connectivity index (χ0) is 13.2. The Bertz CT molecular complexity index is 579. The molecule has 2 N–H and O–H groups in total. The first-order valence-electron chi connectivity index (χ1n) is 6.69. The highest BCUT2D eigenvalue weighted by molar-refractivity contribution is 7.11. The molecule has 0 saturated heterocycles. The van der Waals surface area contributed by atoms with Crippen molar-refractivity contribution >= 4 is 11.3 Å². The molecule has 2 aromatic rings. The number of aromatic hydroxyl groups is 1. The number of phenolic OH excluding ortho intramolecular Hbond substituents is 1. The van der Waals surface area contributed by atoms with Crippen molar-refractivity contribution < 1.29 is 5.11 Å². The van der Waals surface area contributed by atoms with Crippen molar-refractivity contribution in [1.29, 1.82) is 0 Å². The molecule has 1 aliphatic rings. The molecule has 0 aliphatic heterocycles. The van der Waals surface area contributed by atoms with E-state index in [4.69, 9.17) is 0 Å². The summed E-state index contributed by atoms with van der Waals surface area (Å²) in [6.45, 7) is 2.91. The standard InChI is InChI=1S/C15H18N2OS/c1-10-16-8-13(19-10)9-17-15-4-2-3-11-7-12(18)5-6-14(11)15/h5-8,15,17-18H,2-4,9H2,1H3. The van der Waals surface area contributed by atoms with Crippen LogP contribution in [0.25, 0.3) is 0 Å². The number of aryl methyl sites for hydroxylation is 2. The van der Waals surface area contributed by atoms with E-state index in [0.29, 0.717) is 11.8 Å². The molecule has 19 heavy (non-hydrogen) atoms. The van der Waals surface area contributed by atoms with E-state index >= 15 is 0 Å². The number of aromatic nitrogens is 1. The summed E-state index contributed by atoms with van der Waals surface area (Å²) < 4.78 is 0. The summed E-state index contributed by atoms with van der Waals surface area (Å²) in [5.41, 5.74) is 2.62. The van der Waals surface area contributed by atoms with Crippen molar-refractivity contribution in [2.24, 2.45) is 0 Å². The average molecular weight is 274 g/mol. The first kappa shape index (κ1) is 12.6. The summed E-state index contributed by atoms with van der Waals surface area (Å²) in [6.07, 6.45) is 5.36. The number of nitrogens with zero attached hydrogens (tertiary/aromatic N) is 1. The lowest BCUT2D eigenvalue weighted by atomic mass is 9.87. The van der Waals surface area contributed by atoms with E-state index < -0.39 is 0 Å². The molecular weight excluding hydrogens is 256 g/mol. The first-order valence-corrected chi connectivity index (χ1v) is 7.50. The van der Waals surface area contributed by atoms with Gasteiger partial charge in [0.2, 0.25) is 0 Å². The van der Waals surface area contributed by atoms with Crippen LogP contribution in [-0.4, -0.2) is 10.1 Å². The normalized spacial score (nSPS) is 18.3. The lowest BCUT2D eigenvalue weighted by Gasteiger charge is -2.26. The molecule has 100 valence electrons. The van der Waals surface area contributed by atoms with Crippen molar-refractivity contribution in [3.05, 3.63) is 45.4 Å². The van der Waals surface area contributed by atoms with E-state index in [9.17, 15) is 5.11 Å². The highest BCUT2D eigenvalue weighted by atomic mass is 32.1. The number of benzene rings is 1. The van der Waals surface area contributed by atoms with Crippen molar-refractivity contribution in [2.45, 2.75) is 38.8 Å². The molecule has 0 saturated carbocycles. The molecule has 0 spiro atoms. The Labute approximate surface area is 117 Å². The summed E-state index contributed by atoms with van der Waals surface area (Å²) in [7, 11) is 0. The molecule has 4 heteroatoms. The van der Waals surface area contributed by atoms with Crippen molar-refractivity contribution in [1.82, 2.24) is 10.3 Å². The minimum Gasteiger partial charge on any atom is -0.508 e. The third-order valence-corrected chi connectivity index (χ3v) is 4.55. The average Bonchev–Trinajstić information content (AvgIpc) is 2.81. The second-order valence-electron chi connectivity index (χ2n) is 5.05. The molecular formula is C15H18N2OS. The Hall–Kier alpha value is -1.39. The van der Waals surface area contributed by atoms with Crippen LogP contribution in [0.15, 0.2) is 24.4 Å². The summed E-state index contributed by atoms with van der Waals surface area (Å²) in [6, 6.07) is 6.14. The smallest absolute Gasteiger partial charge is 0.115 e. The van der Waals surface area contributed by atoms with E-state index in [1.165, 1.54) is 22.4 Å². The molecule has 0 fully saturated rings. The topological polar surface area (TPSA) is 45.2 Å². The van der Waals surface area contributed by atoms with Crippen LogP contribution in [0.1, 0.15) is 39.9 Å². The quantitative estimate of drug-likeness (QED) is 0.902. The van der Waals surface area contributed by atoms with Gasteiger partial charge in [0.1, 0.15) is 5.75 Å². The van der Waals surface area contributed by atoms with Crippen molar-refractivity contribution in [3.8, 4) is 5.75 Å². The molecule has 1 aliphatic carbocycles. The molecule has 3 rings (SSSR count). The number of hydrogen-bond donors (Lipinski definition) is 2. The van der Waals surface area contributed by atoms with Gasteiger partial charge in [0.05, 0.1) is 5.01 Å². The van der Waals surface area contributed by atoms with Gasteiger partial charge in [0.25, 0.3) is 0 Å². The third-order valence-electron chi connectivity index (χ3n) is 3.63. The maximum absolute atomic E-state index is 9.56. The van der Waals surface area contributed by atoms with Gasteiger partial charge in [-0.1, -0.05) is 6.07 Å². The van der Waals surface area contributed by atoms with E-state index in [2.05, 4.69) is 16.4 Å². The number of nitrogens with one attached hydrogen (secondary N) is 1. The van der Waals surface area contributed by atoms with Crippen LogP contribution < -0.4 is 5.32 Å². The maximum Gasteiger partial charge on any atom is 0.115 e. The van der Waals surface area contributed by atoms with Crippen LogP contribution in [0.5, 0.6) is 5.75 Å². The highest BCUT2D eigenvalue weighted by Gasteiger charge is 2.20. The van der Waals surface area contributed by atoms with Gasteiger partial charge in [-0.3, -0.25) is 0 Å². The van der Waals surface area contributed by atoms with Gasteiger partial charge in [-0.15, -0.1) is 11.3 Å². The van der Waals surface area contributed by atoms with Gasteiger partial charge in [0, 0.05) is 23.7 Å². The van der Waals surface area contributed by atoms with Crippen LogP contribution in [0, 0.1) is 6.92 Å². The fraction of sp³-hybridized carbons (Fsp3) is 0.400. The van der Waals surface area contributed by atoms with Crippen molar-refractivity contribution in [3.63, 3.8) is 0 Å². The third kappa shape index (κ3) is 2.80. The highest BCUT2D eigenvalue weighted by Crippen LogP contribution is 2.32. The van der Waals surface area contributed by atoms with E-state index in [1.54, 1.807) is 17.4 Å². The molecule has 1 heterocycles. The number of hydrogen-bond acceptors (Lipinski definition) is 4. The molecule has 1 aromatic heterocycles. The van der Waals surface area contributed by atoms with Crippen LogP contribution in [0.4, 0.5) is 0 Å². The Balaban J connectivity index is 1.73. The van der Waals surface area contributed by atoms with E-state index in [0.717, 1.165) is 24.4 Å². The van der Waals surface area contributed by atoms with Gasteiger partial charge in [0.15, 0.2) is 0 Å². The summed E-state index contributed by atoms with van der Waals surface area (Å²) in [4.78, 5) is 5.56. The SMILES string of the molecule is Cc1ncc(CNC2CCCc3cc(O)ccc32)s1. The Morgan fingerprint density at radius 2 is 2.37 bits per heavy atom. The number of fused-ring (bicyclic) bond motifs is 1. The van der Waals surface area contributed by atoms with Gasteiger partial charge in [-0.25, -0.2) is 4.98 Å². The molecule has 1 aromatic carbocycles. The van der Waals surface area contributed by atoms with Crippen LogP contribution >= 0.6 is 11.3 Å². The van der Waals surface area contributed by atoms with Gasteiger partial charge in [-0.2, -0.15) is 0 Å². The lowest BCUT2D eigenvalue weighted by Crippen LogP contribution is -2.24. The zero-order valence-corrected chi connectivity index (χ0v) is 11.8. The maximum atomic E-state index is 9.56. The molecule has 1 atom stereocenters. The van der Waals surface area contributed by atoms with Crippen LogP contribution in [0.3, 0.4) is 0 Å². The van der Waals surface area contributed by atoms with Gasteiger partial charge in [-0.05, 0) is 49.4 Å². The Morgan fingerprint density at radius 1 is 1.47 bits per heavy atom. The fourth-order valence-electron chi connectivity index (χ4n) is 2.72. The van der Waals surface area contributed by atoms with E-state index in [-0.39, 0.29) is 0 Å². The number of phenols is 1.